The maximum atomic E-state index is 13.3. The van der Waals surface area contributed by atoms with Gasteiger partial charge < -0.3 is 9.47 Å². The number of hydrogen-bond donors (Lipinski definition) is 0. The van der Waals surface area contributed by atoms with Gasteiger partial charge >= 0.3 is 0 Å². The number of aryl methyl sites for hydroxylation is 1. The normalized spacial score (nSPS) is 19.0. The molecule has 2 aliphatic rings. The van der Waals surface area contributed by atoms with Crippen molar-refractivity contribution in [3.63, 3.8) is 0 Å². The Hall–Kier alpha value is -3.02. The monoisotopic (exact) mass is 359 g/mol. The van der Waals surface area contributed by atoms with Gasteiger partial charge in [-0.05, 0) is 25.3 Å². The molecule has 0 radical (unpaired) electrons. The molecule has 1 fully saturated rings. The van der Waals surface area contributed by atoms with Gasteiger partial charge in [0, 0.05) is 36.7 Å². The summed E-state index contributed by atoms with van der Waals surface area (Å²) in [6.45, 7) is 3.25. The summed E-state index contributed by atoms with van der Waals surface area (Å²) >= 11 is 0. The smallest absolute Gasteiger partial charge is 0.257 e. The third-order valence-electron chi connectivity index (χ3n) is 5.49. The first-order chi connectivity index (χ1) is 13.2. The molecule has 1 aliphatic carbocycles. The molecule has 6 nitrogen and oxygen atoms in total. The summed E-state index contributed by atoms with van der Waals surface area (Å²) in [6.07, 6.45) is 7.53. The van der Waals surface area contributed by atoms with Crippen molar-refractivity contribution in [2.45, 2.75) is 44.8 Å². The molecule has 136 valence electrons. The van der Waals surface area contributed by atoms with E-state index in [9.17, 15) is 4.79 Å². The summed E-state index contributed by atoms with van der Waals surface area (Å²) in [5, 5.41) is 0. The zero-order chi connectivity index (χ0) is 18.4. The van der Waals surface area contributed by atoms with Crippen LogP contribution in [0.25, 0.3) is 0 Å². The number of nitrogens with zero attached hydrogens (tertiary/aromatic N) is 5. The van der Waals surface area contributed by atoms with E-state index in [4.69, 9.17) is 0 Å². The first-order valence-corrected chi connectivity index (χ1v) is 9.39. The fourth-order valence-electron chi connectivity index (χ4n) is 3.76. The zero-order valence-corrected chi connectivity index (χ0v) is 15.2. The Labute approximate surface area is 157 Å². The zero-order valence-electron chi connectivity index (χ0n) is 15.2. The van der Waals surface area contributed by atoms with Gasteiger partial charge in [-0.15, -0.1) is 0 Å². The second-order valence-electron chi connectivity index (χ2n) is 7.39. The first kappa shape index (κ1) is 16.2. The highest BCUT2D eigenvalue weighted by Gasteiger charge is 2.33. The predicted molar refractivity (Wildman–Crippen MR) is 100 cm³/mol. The van der Waals surface area contributed by atoms with Crippen LogP contribution in [0.4, 0.5) is 0 Å². The SMILES string of the molecule is Cc1cnc2n1CC(c1ccccc1)N(C(=O)c1cnc(C3CC3)nc1)C2. The molecule has 1 aliphatic heterocycles. The number of imidazole rings is 1. The van der Waals surface area contributed by atoms with E-state index in [0.29, 0.717) is 24.6 Å². The quantitative estimate of drug-likeness (QED) is 0.720. The van der Waals surface area contributed by atoms with Crippen LogP contribution in [0.3, 0.4) is 0 Å². The Morgan fingerprint density at radius 2 is 1.78 bits per heavy atom. The van der Waals surface area contributed by atoms with Crippen molar-refractivity contribution in [3.05, 3.63) is 77.4 Å². The van der Waals surface area contributed by atoms with Gasteiger partial charge in [0.2, 0.25) is 0 Å². The van der Waals surface area contributed by atoms with Crippen LogP contribution >= 0.6 is 0 Å². The van der Waals surface area contributed by atoms with E-state index in [-0.39, 0.29) is 11.9 Å². The molecule has 1 atom stereocenters. The molecule has 1 amide bonds. The Morgan fingerprint density at radius 3 is 2.48 bits per heavy atom. The molecule has 6 heteroatoms. The van der Waals surface area contributed by atoms with Crippen LogP contribution in [0.5, 0.6) is 0 Å². The summed E-state index contributed by atoms with van der Waals surface area (Å²) in [4.78, 5) is 28.5. The second-order valence-corrected chi connectivity index (χ2v) is 7.39. The highest BCUT2D eigenvalue weighted by molar-refractivity contribution is 5.94. The highest BCUT2D eigenvalue weighted by Crippen LogP contribution is 2.38. The predicted octanol–water partition coefficient (Wildman–Crippen LogP) is 3.26. The standard InChI is InChI=1S/C21H21N5O/c1-14-9-22-19-13-26(18(12-25(14)19)15-5-3-2-4-6-15)21(27)17-10-23-20(24-11-17)16-7-8-16/h2-6,9-11,16,18H,7-8,12-13H2,1H3. The molecule has 3 aromatic rings. The number of rotatable bonds is 3. The molecule has 0 N–H and O–H groups in total. The minimum Gasteiger partial charge on any atom is -0.328 e. The van der Waals surface area contributed by atoms with Crippen LogP contribution < -0.4 is 0 Å². The number of benzene rings is 1. The number of aromatic nitrogens is 4. The van der Waals surface area contributed by atoms with Crippen LogP contribution in [-0.2, 0) is 13.1 Å². The number of hydrogen-bond acceptors (Lipinski definition) is 4. The van der Waals surface area contributed by atoms with Crippen molar-refractivity contribution < 1.29 is 4.79 Å². The second kappa shape index (κ2) is 6.30. The van der Waals surface area contributed by atoms with E-state index in [1.165, 1.54) is 0 Å². The van der Waals surface area contributed by atoms with E-state index in [0.717, 1.165) is 35.7 Å². The molecule has 1 saturated carbocycles. The summed E-state index contributed by atoms with van der Waals surface area (Å²) in [7, 11) is 0. The number of carbonyl (C=O) groups excluding carboxylic acids is 1. The third kappa shape index (κ3) is 2.91. The van der Waals surface area contributed by atoms with Crippen molar-refractivity contribution in [1.82, 2.24) is 24.4 Å². The average Bonchev–Trinajstić information content (AvgIpc) is 3.51. The lowest BCUT2D eigenvalue weighted by molar-refractivity contribution is 0.0582. The summed E-state index contributed by atoms with van der Waals surface area (Å²) in [5.74, 6) is 2.22. The minimum absolute atomic E-state index is 0.0396. The van der Waals surface area contributed by atoms with Gasteiger partial charge in [0.1, 0.15) is 11.6 Å². The van der Waals surface area contributed by atoms with E-state index < -0.39 is 0 Å². The molecule has 3 heterocycles. The average molecular weight is 359 g/mol. The van der Waals surface area contributed by atoms with Gasteiger partial charge in [0.25, 0.3) is 5.91 Å². The summed E-state index contributed by atoms with van der Waals surface area (Å²) in [6, 6.07) is 10.1. The fraction of sp³-hybridized carbons (Fsp3) is 0.333. The van der Waals surface area contributed by atoms with Gasteiger partial charge in [0.15, 0.2) is 0 Å². The van der Waals surface area contributed by atoms with Crippen LogP contribution in [0, 0.1) is 6.92 Å². The van der Waals surface area contributed by atoms with Gasteiger partial charge in [0.05, 0.1) is 18.2 Å². The lowest BCUT2D eigenvalue weighted by Crippen LogP contribution is -2.41. The van der Waals surface area contributed by atoms with Gasteiger partial charge in [-0.25, -0.2) is 15.0 Å². The van der Waals surface area contributed by atoms with Crippen molar-refractivity contribution in [1.29, 1.82) is 0 Å². The number of amides is 1. The van der Waals surface area contributed by atoms with E-state index in [2.05, 4.69) is 38.6 Å². The molecule has 5 rings (SSSR count). The summed E-state index contributed by atoms with van der Waals surface area (Å²) in [5.41, 5.74) is 2.78. The maximum Gasteiger partial charge on any atom is 0.257 e. The molecule has 0 saturated heterocycles. The molecule has 0 bridgehead atoms. The largest absolute Gasteiger partial charge is 0.328 e. The maximum absolute atomic E-state index is 13.3. The van der Waals surface area contributed by atoms with Crippen LogP contribution in [0.1, 0.15) is 58.1 Å². The van der Waals surface area contributed by atoms with Gasteiger partial charge in [-0.1, -0.05) is 30.3 Å². The molecule has 0 spiro atoms. The molecule has 1 unspecified atom stereocenters. The fourth-order valence-corrected chi connectivity index (χ4v) is 3.76. The Balaban J connectivity index is 1.50. The Morgan fingerprint density at radius 1 is 1.04 bits per heavy atom. The molecule has 27 heavy (non-hydrogen) atoms. The minimum atomic E-state index is -0.0434. The lowest BCUT2D eigenvalue weighted by Gasteiger charge is -2.37. The summed E-state index contributed by atoms with van der Waals surface area (Å²) < 4.78 is 2.20. The van der Waals surface area contributed by atoms with Gasteiger partial charge in [-0.2, -0.15) is 0 Å². The molecule has 1 aromatic carbocycles. The number of fused-ring (bicyclic) bond motifs is 1. The lowest BCUT2D eigenvalue weighted by atomic mass is 10.0. The van der Waals surface area contributed by atoms with Crippen molar-refractivity contribution >= 4 is 5.91 Å². The van der Waals surface area contributed by atoms with Crippen LogP contribution in [-0.4, -0.2) is 30.3 Å². The number of carbonyl (C=O) groups is 1. The van der Waals surface area contributed by atoms with Crippen LogP contribution in [0.2, 0.25) is 0 Å². The van der Waals surface area contributed by atoms with Crippen molar-refractivity contribution in [3.8, 4) is 0 Å². The Kier molecular flexibility index (Phi) is 3.77. The molecular weight excluding hydrogens is 338 g/mol. The topological polar surface area (TPSA) is 63.9 Å². The highest BCUT2D eigenvalue weighted by atomic mass is 16.2. The van der Waals surface area contributed by atoms with E-state index >= 15 is 0 Å². The third-order valence-corrected chi connectivity index (χ3v) is 5.49. The Bertz CT molecular complexity index is 976. The van der Waals surface area contributed by atoms with Crippen LogP contribution in [0.15, 0.2) is 48.9 Å². The molecular formula is C21H21N5O. The van der Waals surface area contributed by atoms with Crippen molar-refractivity contribution in [2.75, 3.05) is 0 Å². The van der Waals surface area contributed by atoms with E-state index in [1.54, 1.807) is 12.4 Å². The van der Waals surface area contributed by atoms with Crippen molar-refractivity contribution in [2.24, 2.45) is 0 Å². The van der Waals surface area contributed by atoms with Gasteiger partial charge in [-0.3, -0.25) is 4.79 Å². The molecule has 2 aromatic heterocycles. The van der Waals surface area contributed by atoms with E-state index in [1.807, 2.05) is 29.3 Å². The first-order valence-electron chi connectivity index (χ1n) is 9.39.